The van der Waals surface area contributed by atoms with Gasteiger partial charge in [0, 0.05) is 22.9 Å². The van der Waals surface area contributed by atoms with Crippen molar-refractivity contribution in [2.45, 2.75) is 13.3 Å². The number of halogens is 1. The lowest BCUT2D eigenvalue weighted by molar-refractivity contribution is 0.405. The zero-order valence-corrected chi connectivity index (χ0v) is 14.8. The normalized spacial score (nSPS) is 10.8. The van der Waals surface area contributed by atoms with Gasteiger partial charge in [0.15, 0.2) is 0 Å². The van der Waals surface area contributed by atoms with Crippen LogP contribution in [0.15, 0.2) is 34.9 Å². The van der Waals surface area contributed by atoms with Crippen LogP contribution in [0.25, 0.3) is 0 Å². The van der Waals surface area contributed by atoms with E-state index in [1.54, 1.807) is 6.20 Å². The van der Waals surface area contributed by atoms with E-state index >= 15 is 0 Å². The van der Waals surface area contributed by atoms with Crippen LogP contribution >= 0.6 is 15.9 Å². The minimum atomic E-state index is 0.597. The molecular formula is C16H22BrN5. The van der Waals surface area contributed by atoms with Crippen molar-refractivity contribution in [3.05, 3.63) is 40.5 Å². The lowest BCUT2D eigenvalue weighted by Gasteiger charge is -2.11. The Balaban J connectivity index is 1.94. The van der Waals surface area contributed by atoms with Crippen LogP contribution in [-0.2, 0) is 0 Å². The minimum absolute atomic E-state index is 0.597. The molecule has 0 aliphatic carbocycles. The quantitative estimate of drug-likeness (QED) is 0.735. The smallest absolute Gasteiger partial charge is 0.229 e. The lowest BCUT2D eigenvalue weighted by Crippen LogP contribution is -2.16. The van der Waals surface area contributed by atoms with E-state index < -0.39 is 0 Å². The molecule has 0 atom stereocenters. The number of hydrogen-bond donors (Lipinski definition) is 2. The van der Waals surface area contributed by atoms with E-state index in [4.69, 9.17) is 0 Å². The second-order valence-corrected chi connectivity index (χ2v) is 6.29. The fourth-order valence-corrected chi connectivity index (χ4v) is 2.23. The van der Waals surface area contributed by atoms with Crippen LogP contribution in [0, 0.1) is 6.92 Å². The van der Waals surface area contributed by atoms with E-state index in [9.17, 15) is 0 Å². The Bertz CT molecular complexity index is 615. The van der Waals surface area contributed by atoms with Gasteiger partial charge in [-0.2, -0.15) is 4.98 Å². The van der Waals surface area contributed by atoms with Crippen molar-refractivity contribution < 1.29 is 0 Å². The molecule has 118 valence electrons. The fraction of sp³-hybridized carbons (Fsp3) is 0.375. The van der Waals surface area contributed by atoms with Gasteiger partial charge in [-0.15, -0.1) is 0 Å². The summed E-state index contributed by atoms with van der Waals surface area (Å²) < 4.78 is 1.09. The van der Waals surface area contributed by atoms with Gasteiger partial charge in [-0.25, -0.2) is 4.98 Å². The predicted octanol–water partition coefficient (Wildman–Crippen LogP) is 3.65. The lowest BCUT2D eigenvalue weighted by atomic mass is 10.2. The van der Waals surface area contributed by atoms with E-state index in [2.05, 4.69) is 68.5 Å². The highest BCUT2D eigenvalue weighted by atomic mass is 79.9. The largest absolute Gasteiger partial charge is 0.370 e. The minimum Gasteiger partial charge on any atom is -0.370 e. The molecule has 0 fully saturated rings. The van der Waals surface area contributed by atoms with Crippen LogP contribution in [0.3, 0.4) is 0 Å². The molecule has 22 heavy (non-hydrogen) atoms. The highest BCUT2D eigenvalue weighted by molar-refractivity contribution is 9.10. The second-order valence-electron chi connectivity index (χ2n) is 5.44. The van der Waals surface area contributed by atoms with Crippen LogP contribution in [0.5, 0.6) is 0 Å². The van der Waals surface area contributed by atoms with Gasteiger partial charge in [0.25, 0.3) is 0 Å². The molecule has 0 radical (unpaired) electrons. The Morgan fingerprint density at radius 1 is 1.23 bits per heavy atom. The molecule has 1 aromatic carbocycles. The summed E-state index contributed by atoms with van der Waals surface area (Å²) in [5, 5.41) is 6.55. The molecule has 1 heterocycles. The molecule has 1 aromatic heterocycles. The maximum atomic E-state index is 4.48. The Hall–Kier alpha value is -1.66. The van der Waals surface area contributed by atoms with E-state index in [0.29, 0.717) is 5.95 Å². The molecular weight excluding hydrogens is 342 g/mol. The molecule has 2 rings (SSSR count). The van der Waals surface area contributed by atoms with Gasteiger partial charge < -0.3 is 15.5 Å². The number of nitrogens with zero attached hydrogens (tertiary/aromatic N) is 3. The zero-order chi connectivity index (χ0) is 15.9. The Labute approximate surface area is 140 Å². The summed E-state index contributed by atoms with van der Waals surface area (Å²) in [4.78, 5) is 10.9. The number of hydrogen-bond acceptors (Lipinski definition) is 5. The first-order valence-corrected chi connectivity index (χ1v) is 8.09. The SMILES string of the molecule is Cc1cc(Nc2nccc(NCCCN(C)C)n2)ccc1Br. The standard InChI is InChI=1S/C16H22BrN5/c1-12-11-13(5-6-14(12)17)20-16-19-9-7-15(21-16)18-8-4-10-22(2)3/h5-7,9,11H,4,8,10H2,1-3H3,(H2,18,19,20,21). The maximum absolute atomic E-state index is 4.48. The van der Waals surface area contributed by atoms with Crippen LogP contribution in [0.2, 0.25) is 0 Å². The van der Waals surface area contributed by atoms with Crippen molar-refractivity contribution in [2.24, 2.45) is 0 Å². The number of nitrogens with one attached hydrogen (secondary N) is 2. The molecule has 2 aromatic rings. The Morgan fingerprint density at radius 2 is 2.05 bits per heavy atom. The zero-order valence-electron chi connectivity index (χ0n) is 13.2. The van der Waals surface area contributed by atoms with Crippen molar-refractivity contribution in [2.75, 3.05) is 37.8 Å². The molecule has 0 unspecified atom stereocenters. The molecule has 0 bridgehead atoms. The second kappa shape index (κ2) is 8.10. The molecule has 0 aliphatic rings. The maximum Gasteiger partial charge on any atom is 0.229 e. The number of rotatable bonds is 7. The summed E-state index contributed by atoms with van der Waals surface area (Å²) in [6.07, 6.45) is 2.83. The third kappa shape index (κ3) is 5.27. The summed E-state index contributed by atoms with van der Waals surface area (Å²) in [5.74, 6) is 1.43. The molecule has 0 saturated heterocycles. The number of anilines is 3. The predicted molar refractivity (Wildman–Crippen MR) is 95.9 cm³/mol. The molecule has 5 nitrogen and oxygen atoms in total. The van der Waals surface area contributed by atoms with Gasteiger partial charge in [-0.1, -0.05) is 15.9 Å². The third-order valence-electron chi connectivity index (χ3n) is 3.16. The van der Waals surface area contributed by atoms with Crippen molar-refractivity contribution in [3.63, 3.8) is 0 Å². The van der Waals surface area contributed by atoms with Gasteiger partial charge in [0.05, 0.1) is 0 Å². The number of aromatic nitrogens is 2. The average Bonchev–Trinajstić information content (AvgIpc) is 2.48. The Morgan fingerprint density at radius 3 is 2.77 bits per heavy atom. The number of aryl methyl sites for hydroxylation is 1. The first kappa shape index (κ1) is 16.7. The topological polar surface area (TPSA) is 53.1 Å². The Kier molecular flexibility index (Phi) is 6.15. The molecule has 2 N–H and O–H groups in total. The third-order valence-corrected chi connectivity index (χ3v) is 4.05. The molecule has 0 aliphatic heterocycles. The summed E-state index contributed by atoms with van der Waals surface area (Å²) in [6.45, 7) is 4.01. The van der Waals surface area contributed by atoms with Crippen LogP contribution in [-0.4, -0.2) is 42.1 Å². The van der Waals surface area contributed by atoms with E-state index in [0.717, 1.165) is 35.5 Å². The highest BCUT2D eigenvalue weighted by Crippen LogP contribution is 2.22. The van der Waals surface area contributed by atoms with Crippen molar-refractivity contribution in [1.29, 1.82) is 0 Å². The van der Waals surface area contributed by atoms with Crippen molar-refractivity contribution in [1.82, 2.24) is 14.9 Å². The molecule has 0 saturated carbocycles. The summed E-state index contributed by atoms with van der Waals surface area (Å²) >= 11 is 3.50. The van der Waals surface area contributed by atoms with Crippen LogP contribution < -0.4 is 10.6 Å². The average molecular weight is 364 g/mol. The van der Waals surface area contributed by atoms with Crippen molar-refractivity contribution >= 4 is 33.4 Å². The van der Waals surface area contributed by atoms with E-state index in [1.807, 2.05) is 18.2 Å². The van der Waals surface area contributed by atoms with Crippen LogP contribution in [0.1, 0.15) is 12.0 Å². The van der Waals surface area contributed by atoms with E-state index in [-0.39, 0.29) is 0 Å². The van der Waals surface area contributed by atoms with Gasteiger partial charge in [0.2, 0.25) is 5.95 Å². The molecule has 0 spiro atoms. The van der Waals surface area contributed by atoms with Gasteiger partial charge in [0.1, 0.15) is 5.82 Å². The summed E-state index contributed by atoms with van der Waals surface area (Å²) in [7, 11) is 4.15. The van der Waals surface area contributed by atoms with Crippen LogP contribution in [0.4, 0.5) is 17.5 Å². The first-order valence-electron chi connectivity index (χ1n) is 7.29. The van der Waals surface area contributed by atoms with Crippen molar-refractivity contribution in [3.8, 4) is 0 Å². The van der Waals surface area contributed by atoms with Gasteiger partial charge in [-0.05, 0) is 63.8 Å². The molecule has 0 amide bonds. The monoisotopic (exact) mass is 363 g/mol. The van der Waals surface area contributed by atoms with E-state index in [1.165, 1.54) is 5.56 Å². The summed E-state index contributed by atoms with van der Waals surface area (Å²) in [6, 6.07) is 7.96. The fourth-order valence-electron chi connectivity index (χ4n) is 1.98. The van der Waals surface area contributed by atoms with Gasteiger partial charge in [-0.3, -0.25) is 0 Å². The number of benzene rings is 1. The first-order chi connectivity index (χ1) is 10.5. The summed E-state index contributed by atoms with van der Waals surface area (Å²) in [5.41, 5.74) is 2.15. The highest BCUT2D eigenvalue weighted by Gasteiger charge is 2.02. The molecule has 6 heteroatoms. The van der Waals surface area contributed by atoms with Gasteiger partial charge >= 0.3 is 0 Å².